The average Bonchev–Trinajstić information content (AvgIpc) is 2.88. The van der Waals surface area contributed by atoms with Crippen LogP contribution in [0.15, 0.2) is 18.2 Å². The van der Waals surface area contributed by atoms with Gasteiger partial charge in [-0.05, 0) is 42.9 Å². The molecule has 1 aliphatic rings. The SMILES string of the molecule is Cc1ccc(C(=O)NCC2CCCC2C)c(C#CCO)c1. The highest BCUT2D eigenvalue weighted by molar-refractivity contribution is 5.96. The predicted molar refractivity (Wildman–Crippen MR) is 84.0 cm³/mol. The minimum absolute atomic E-state index is 0.0728. The second-order valence-electron chi connectivity index (χ2n) is 5.89. The summed E-state index contributed by atoms with van der Waals surface area (Å²) in [4.78, 5) is 12.4. The lowest BCUT2D eigenvalue weighted by Crippen LogP contribution is -2.30. The van der Waals surface area contributed by atoms with Gasteiger partial charge in [-0.15, -0.1) is 0 Å². The Hall–Kier alpha value is -1.79. The van der Waals surface area contributed by atoms with Gasteiger partial charge in [0.05, 0.1) is 5.56 Å². The van der Waals surface area contributed by atoms with Crippen LogP contribution in [0.1, 0.15) is 47.7 Å². The van der Waals surface area contributed by atoms with Crippen molar-refractivity contribution in [3.05, 3.63) is 34.9 Å². The minimum atomic E-state index is -0.200. The van der Waals surface area contributed by atoms with E-state index in [0.717, 1.165) is 12.1 Å². The van der Waals surface area contributed by atoms with Crippen LogP contribution in [0.3, 0.4) is 0 Å². The predicted octanol–water partition coefficient (Wildman–Crippen LogP) is 2.50. The first-order valence-electron chi connectivity index (χ1n) is 7.60. The molecular formula is C18H23NO2. The van der Waals surface area contributed by atoms with Crippen molar-refractivity contribution in [2.45, 2.75) is 33.1 Å². The molecule has 1 aliphatic carbocycles. The fourth-order valence-corrected chi connectivity index (χ4v) is 2.94. The first-order valence-corrected chi connectivity index (χ1v) is 7.60. The molecular weight excluding hydrogens is 262 g/mol. The monoisotopic (exact) mass is 285 g/mol. The quantitative estimate of drug-likeness (QED) is 0.838. The van der Waals surface area contributed by atoms with E-state index in [1.54, 1.807) is 0 Å². The largest absolute Gasteiger partial charge is 0.384 e. The van der Waals surface area contributed by atoms with Gasteiger partial charge in [0.2, 0.25) is 0 Å². The van der Waals surface area contributed by atoms with Crippen molar-refractivity contribution in [1.29, 1.82) is 0 Å². The lowest BCUT2D eigenvalue weighted by Gasteiger charge is -2.16. The minimum Gasteiger partial charge on any atom is -0.384 e. The molecule has 2 unspecified atom stereocenters. The van der Waals surface area contributed by atoms with Gasteiger partial charge in [0, 0.05) is 12.1 Å². The molecule has 0 heterocycles. The number of hydrogen-bond donors (Lipinski definition) is 2. The van der Waals surface area contributed by atoms with Gasteiger partial charge in [0.25, 0.3) is 5.91 Å². The van der Waals surface area contributed by atoms with Crippen molar-refractivity contribution in [2.24, 2.45) is 11.8 Å². The molecule has 0 bridgehead atoms. The Morgan fingerprint density at radius 3 is 2.90 bits per heavy atom. The topological polar surface area (TPSA) is 49.3 Å². The van der Waals surface area contributed by atoms with Crippen LogP contribution in [-0.2, 0) is 0 Å². The van der Waals surface area contributed by atoms with E-state index < -0.39 is 0 Å². The number of aryl methyl sites for hydroxylation is 1. The van der Waals surface area contributed by atoms with Crippen LogP contribution in [0.4, 0.5) is 0 Å². The fraction of sp³-hybridized carbons (Fsp3) is 0.500. The molecule has 3 nitrogen and oxygen atoms in total. The summed E-state index contributed by atoms with van der Waals surface area (Å²) in [5.74, 6) is 6.69. The van der Waals surface area contributed by atoms with Crippen molar-refractivity contribution < 1.29 is 9.90 Å². The Morgan fingerprint density at radius 1 is 1.43 bits per heavy atom. The molecule has 1 saturated carbocycles. The molecule has 1 amide bonds. The third-order valence-corrected chi connectivity index (χ3v) is 4.29. The Morgan fingerprint density at radius 2 is 2.24 bits per heavy atom. The average molecular weight is 285 g/mol. The standard InChI is InChI=1S/C18H23NO2/c1-13-8-9-17(15(11-13)7-4-10-20)18(21)19-12-16-6-3-5-14(16)2/h8-9,11,14,16,20H,3,5-6,10,12H2,1-2H3,(H,19,21). The summed E-state index contributed by atoms with van der Waals surface area (Å²) in [6.45, 7) is 4.76. The normalized spacial score (nSPS) is 20.7. The first kappa shape index (κ1) is 15.6. The fourth-order valence-electron chi connectivity index (χ4n) is 2.94. The van der Waals surface area contributed by atoms with Gasteiger partial charge in [-0.3, -0.25) is 4.79 Å². The van der Waals surface area contributed by atoms with E-state index in [-0.39, 0.29) is 12.5 Å². The van der Waals surface area contributed by atoms with Crippen LogP contribution < -0.4 is 5.32 Å². The van der Waals surface area contributed by atoms with Crippen LogP contribution in [0.5, 0.6) is 0 Å². The Labute approximate surface area is 126 Å². The maximum Gasteiger partial charge on any atom is 0.252 e. The molecule has 21 heavy (non-hydrogen) atoms. The van der Waals surface area contributed by atoms with E-state index in [9.17, 15) is 4.79 Å². The summed E-state index contributed by atoms with van der Waals surface area (Å²) in [5.41, 5.74) is 2.33. The molecule has 1 aromatic rings. The Balaban J connectivity index is 2.07. The Kier molecular flexibility index (Phi) is 5.41. The third-order valence-electron chi connectivity index (χ3n) is 4.29. The van der Waals surface area contributed by atoms with Gasteiger partial charge in [-0.2, -0.15) is 0 Å². The van der Waals surface area contributed by atoms with E-state index in [4.69, 9.17) is 5.11 Å². The number of aliphatic hydroxyl groups excluding tert-OH is 1. The summed E-state index contributed by atoms with van der Waals surface area (Å²) >= 11 is 0. The van der Waals surface area contributed by atoms with Crippen molar-refractivity contribution in [2.75, 3.05) is 13.2 Å². The van der Waals surface area contributed by atoms with Gasteiger partial charge in [-0.25, -0.2) is 0 Å². The maximum atomic E-state index is 12.4. The zero-order chi connectivity index (χ0) is 15.2. The van der Waals surface area contributed by atoms with Gasteiger partial charge >= 0.3 is 0 Å². The van der Waals surface area contributed by atoms with E-state index in [1.807, 2.05) is 25.1 Å². The second kappa shape index (κ2) is 7.28. The molecule has 3 heteroatoms. The molecule has 2 N–H and O–H groups in total. The number of carbonyl (C=O) groups is 1. The van der Waals surface area contributed by atoms with E-state index in [1.165, 1.54) is 19.3 Å². The highest BCUT2D eigenvalue weighted by atomic mass is 16.2. The molecule has 0 spiro atoms. The molecule has 2 rings (SSSR count). The molecule has 0 aliphatic heterocycles. The molecule has 2 atom stereocenters. The highest BCUT2D eigenvalue weighted by Crippen LogP contribution is 2.30. The molecule has 1 aromatic carbocycles. The second-order valence-corrected chi connectivity index (χ2v) is 5.89. The summed E-state index contributed by atoms with van der Waals surface area (Å²) in [7, 11) is 0. The number of carbonyl (C=O) groups excluding carboxylic acids is 1. The van der Waals surface area contributed by atoms with Crippen molar-refractivity contribution in [3.63, 3.8) is 0 Å². The van der Waals surface area contributed by atoms with Gasteiger partial charge < -0.3 is 10.4 Å². The van der Waals surface area contributed by atoms with Gasteiger partial charge in [-0.1, -0.05) is 37.7 Å². The summed E-state index contributed by atoms with van der Waals surface area (Å²) < 4.78 is 0. The van der Waals surface area contributed by atoms with E-state index >= 15 is 0 Å². The lowest BCUT2D eigenvalue weighted by atomic mass is 9.98. The van der Waals surface area contributed by atoms with Crippen LogP contribution in [-0.4, -0.2) is 24.2 Å². The summed E-state index contributed by atoms with van der Waals surface area (Å²) in [5, 5.41) is 11.9. The number of rotatable bonds is 3. The van der Waals surface area contributed by atoms with Crippen LogP contribution in [0.25, 0.3) is 0 Å². The number of benzene rings is 1. The molecule has 0 radical (unpaired) electrons. The zero-order valence-corrected chi connectivity index (χ0v) is 12.8. The van der Waals surface area contributed by atoms with Crippen molar-refractivity contribution in [1.82, 2.24) is 5.32 Å². The zero-order valence-electron chi connectivity index (χ0n) is 12.8. The van der Waals surface area contributed by atoms with Crippen molar-refractivity contribution >= 4 is 5.91 Å². The molecule has 0 saturated heterocycles. The Bertz CT molecular complexity index is 568. The maximum absolute atomic E-state index is 12.4. The van der Waals surface area contributed by atoms with Crippen LogP contribution in [0, 0.1) is 30.6 Å². The number of aliphatic hydroxyl groups is 1. The molecule has 1 fully saturated rings. The van der Waals surface area contributed by atoms with Crippen LogP contribution in [0.2, 0.25) is 0 Å². The smallest absolute Gasteiger partial charge is 0.252 e. The van der Waals surface area contributed by atoms with Crippen molar-refractivity contribution in [3.8, 4) is 11.8 Å². The lowest BCUT2D eigenvalue weighted by molar-refractivity contribution is 0.0944. The third kappa shape index (κ3) is 4.09. The highest BCUT2D eigenvalue weighted by Gasteiger charge is 2.23. The number of amides is 1. The number of hydrogen-bond acceptors (Lipinski definition) is 2. The molecule has 0 aromatic heterocycles. The van der Waals surface area contributed by atoms with Gasteiger partial charge in [0.1, 0.15) is 6.61 Å². The van der Waals surface area contributed by atoms with E-state index in [0.29, 0.717) is 23.0 Å². The van der Waals surface area contributed by atoms with Gasteiger partial charge in [0.15, 0.2) is 0 Å². The number of nitrogens with one attached hydrogen (secondary N) is 1. The van der Waals surface area contributed by atoms with Crippen LogP contribution >= 0.6 is 0 Å². The first-order chi connectivity index (χ1) is 10.1. The summed E-state index contributed by atoms with van der Waals surface area (Å²) in [6.07, 6.45) is 3.73. The van der Waals surface area contributed by atoms with E-state index in [2.05, 4.69) is 24.1 Å². The summed E-state index contributed by atoms with van der Waals surface area (Å²) in [6, 6.07) is 5.61. The molecule has 112 valence electrons.